The van der Waals surface area contributed by atoms with E-state index in [0.717, 1.165) is 0 Å². The molecule has 0 amide bonds. The molecule has 21 heavy (non-hydrogen) atoms. The molecule has 0 bridgehead atoms. The van der Waals surface area contributed by atoms with Crippen molar-refractivity contribution in [3.63, 3.8) is 0 Å². The molecule has 1 nitrogen and oxygen atoms in total. The second-order valence-corrected chi connectivity index (χ2v) is 6.65. The summed E-state index contributed by atoms with van der Waals surface area (Å²) >= 11 is 3.49. The van der Waals surface area contributed by atoms with Crippen molar-refractivity contribution in [3.05, 3.63) is 30.1 Å². The maximum absolute atomic E-state index is 3.49. The van der Waals surface area contributed by atoms with Crippen LogP contribution in [0.25, 0.3) is 0 Å². The lowest BCUT2D eigenvalue weighted by molar-refractivity contribution is -0.671. The zero-order valence-electron chi connectivity index (χ0n) is 13.5. The molecule has 1 rings (SSSR count). The van der Waals surface area contributed by atoms with E-state index in [1.807, 2.05) is 0 Å². The first kappa shape index (κ1) is 21.4. The Kier molecular flexibility index (Phi) is 15.5. The van der Waals surface area contributed by atoms with Crippen molar-refractivity contribution >= 4 is 15.9 Å². The molecule has 0 atom stereocenters. The van der Waals surface area contributed by atoms with Gasteiger partial charge in [-0.2, -0.15) is 0 Å². The smallest absolute Gasteiger partial charge is 0.171 e. The predicted molar refractivity (Wildman–Crippen MR) is 91.3 cm³/mol. The van der Waals surface area contributed by atoms with Crippen molar-refractivity contribution in [2.45, 2.75) is 70.6 Å². The quantitative estimate of drug-likeness (QED) is 0.192. The summed E-state index contributed by atoms with van der Waals surface area (Å²) in [5.41, 5.74) is 1.47. The van der Waals surface area contributed by atoms with E-state index >= 15 is 0 Å². The number of nitrogens with zero attached hydrogens (tertiary/aromatic N) is 1. The maximum atomic E-state index is 3.49. The Labute approximate surface area is 157 Å². The lowest BCUT2D eigenvalue weighted by atomic mass is 10.0. The van der Waals surface area contributed by atoms with E-state index in [0.29, 0.717) is 0 Å². The Morgan fingerprint density at radius 3 is 1.90 bits per heavy atom. The van der Waals surface area contributed by atoms with Gasteiger partial charge >= 0.3 is 0 Å². The first-order chi connectivity index (χ1) is 9.83. The molecular formula is C18H31BrIN. The molecule has 0 spiro atoms. The zero-order valence-corrected chi connectivity index (χ0v) is 17.2. The standard InChI is InChI=1S/C18H31BrN.HI/c1-20-16-12-14-18(17-20)13-10-8-6-4-2-3-5-7-9-11-15-19;/h12,14,16-17H,2-11,13,15H2,1H3;1H/q+1;/p-1. The molecule has 1 aromatic heterocycles. The molecule has 1 aromatic rings. The normalized spacial score (nSPS) is 10.4. The highest BCUT2D eigenvalue weighted by atomic mass is 127. The summed E-state index contributed by atoms with van der Waals surface area (Å²) in [6.45, 7) is 0. The van der Waals surface area contributed by atoms with Crippen LogP contribution >= 0.6 is 15.9 Å². The van der Waals surface area contributed by atoms with Crippen molar-refractivity contribution in [3.8, 4) is 0 Å². The fourth-order valence-electron chi connectivity index (χ4n) is 2.64. The fourth-order valence-corrected chi connectivity index (χ4v) is 3.03. The number of alkyl halides is 1. The molecule has 1 heterocycles. The number of aromatic nitrogens is 1. The average molecular weight is 468 g/mol. The minimum Gasteiger partial charge on any atom is -1.00 e. The molecule has 122 valence electrons. The van der Waals surface area contributed by atoms with Crippen LogP contribution in [0.3, 0.4) is 0 Å². The number of pyridine rings is 1. The molecule has 0 aromatic carbocycles. The largest absolute Gasteiger partial charge is 1.00 e. The highest BCUT2D eigenvalue weighted by molar-refractivity contribution is 9.09. The highest BCUT2D eigenvalue weighted by Crippen LogP contribution is 2.12. The van der Waals surface area contributed by atoms with Crippen LogP contribution in [0.1, 0.15) is 69.8 Å². The number of halogens is 2. The van der Waals surface area contributed by atoms with Gasteiger partial charge in [0.2, 0.25) is 0 Å². The van der Waals surface area contributed by atoms with Crippen LogP contribution in [0.5, 0.6) is 0 Å². The van der Waals surface area contributed by atoms with E-state index in [2.05, 4.69) is 52.1 Å². The Morgan fingerprint density at radius 2 is 1.38 bits per heavy atom. The topological polar surface area (TPSA) is 3.88 Å². The van der Waals surface area contributed by atoms with Crippen LogP contribution in [-0.4, -0.2) is 5.33 Å². The number of aryl methyl sites for hydroxylation is 2. The third-order valence-corrected chi connectivity index (χ3v) is 4.41. The molecule has 0 unspecified atom stereocenters. The van der Waals surface area contributed by atoms with E-state index in [9.17, 15) is 0 Å². The van der Waals surface area contributed by atoms with Crippen molar-refractivity contribution in [1.82, 2.24) is 0 Å². The molecule has 0 aliphatic rings. The van der Waals surface area contributed by atoms with E-state index in [1.165, 1.54) is 81.5 Å². The first-order valence-corrected chi connectivity index (χ1v) is 9.45. The van der Waals surface area contributed by atoms with Gasteiger partial charge < -0.3 is 24.0 Å². The summed E-state index contributed by atoms with van der Waals surface area (Å²) in [5.74, 6) is 0. The van der Waals surface area contributed by atoms with E-state index in [-0.39, 0.29) is 24.0 Å². The average Bonchev–Trinajstić information content (AvgIpc) is 2.45. The van der Waals surface area contributed by atoms with Gasteiger partial charge in [-0.15, -0.1) is 0 Å². The molecule has 0 aliphatic heterocycles. The lowest BCUT2D eigenvalue weighted by Crippen LogP contribution is -3.00. The van der Waals surface area contributed by atoms with Crippen LogP contribution in [-0.2, 0) is 13.5 Å². The van der Waals surface area contributed by atoms with Gasteiger partial charge in [0.25, 0.3) is 0 Å². The third-order valence-electron chi connectivity index (χ3n) is 3.85. The third kappa shape index (κ3) is 12.6. The van der Waals surface area contributed by atoms with Crippen LogP contribution in [0.4, 0.5) is 0 Å². The van der Waals surface area contributed by atoms with Crippen molar-refractivity contribution in [2.75, 3.05) is 5.33 Å². The summed E-state index contributed by atoms with van der Waals surface area (Å²) in [6.07, 6.45) is 19.7. The number of hydrogen-bond acceptors (Lipinski definition) is 0. The molecule has 0 N–H and O–H groups in total. The summed E-state index contributed by atoms with van der Waals surface area (Å²) in [7, 11) is 2.10. The molecule has 0 radical (unpaired) electrons. The summed E-state index contributed by atoms with van der Waals surface area (Å²) in [4.78, 5) is 0. The van der Waals surface area contributed by atoms with Crippen LogP contribution in [0.15, 0.2) is 24.5 Å². The monoisotopic (exact) mass is 467 g/mol. The van der Waals surface area contributed by atoms with Gasteiger partial charge in [-0.05, 0) is 25.3 Å². The summed E-state index contributed by atoms with van der Waals surface area (Å²) in [6, 6.07) is 4.39. The van der Waals surface area contributed by atoms with Gasteiger partial charge in [0, 0.05) is 17.0 Å². The first-order valence-electron chi connectivity index (χ1n) is 8.33. The number of rotatable bonds is 12. The summed E-state index contributed by atoms with van der Waals surface area (Å²) < 4.78 is 2.14. The maximum Gasteiger partial charge on any atom is 0.171 e. The van der Waals surface area contributed by atoms with Gasteiger partial charge in [0.1, 0.15) is 7.05 Å². The van der Waals surface area contributed by atoms with Gasteiger partial charge in [-0.1, -0.05) is 67.3 Å². The molecule has 0 saturated carbocycles. The minimum atomic E-state index is 0. The second kappa shape index (κ2) is 15.3. The van der Waals surface area contributed by atoms with Crippen molar-refractivity contribution in [2.24, 2.45) is 7.05 Å². The predicted octanol–water partition coefficient (Wildman–Crippen LogP) is 2.35. The van der Waals surface area contributed by atoms with Crippen molar-refractivity contribution in [1.29, 1.82) is 0 Å². The van der Waals surface area contributed by atoms with E-state index < -0.39 is 0 Å². The number of hydrogen-bond donors (Lipinski definition) is 0. The second-order valence-electron chi connectivity index (χ2n) is 5.85. The van der Waals surface area contributed by atoms with Crippen molar-refractivity contribution < 1.29 is 28.5 Å². The van der Waals surface area contributed by atoms with Gasteiger partial charge in [-0.25, -0.2) is 4.57 Å². The van der Waals surface area contributed by atoms with Gasteiger partial charge in [-0.3, -0.25) is 0 Å². The van der Waals surface area contributed by atoms with E-state index in [1.54, 1.807) is 0 Å². The SMILES string of the molecule is C[n+]1cccc(CCCCCCCCCCCCBr)c1.[I-]. The summed E-state index contributed by atoms with van der Waals surface area (Å²) in [5, 5.41) is 1.17. The highest BCUT2D eigenvalue weighted by Gasteiger charge is 1.98. The van der Waals surface area contributed by atoms with Crippen LogP contribution < -0.4 is 28.5 Å². The molecule has 0 saturated heterocycles. The van der Waals surface area contributed by atoms with Gasteiger partial charge in [0.05, 0.1) is 0 Å². The zero-order chi connectivity index (χ0) is 14.5. The molecule has 3 heteroatoms. The Bertz CT molecular complexity index is 344. The Morgan fingerprint density at radius 1 is 0.857 bits per heavy atom. The Hall–Kier alpha value is 0.360. The molecular weight excluding hydrogens is 437 g/mol. The van der Waals surface area contributed by atoms with E-state index in [4.69, 9.17) is 0 Å². The van der Waals surface area contributed by atoms with Crippen LogP contribution in [0, 0.1) is 0 Å². The Balaban J connectivity index is 0.00000400. The minimum absolute atomic E-state index is 0. The molecule has 0 fully saturated rings. The molecule has 0 aliphatic carbocycles. The van der Waals surface area contributed by atoms with Gasteiger partial charge in [0.15, 0.2) is 12.4 Å². The lowest BCUT2D eigenvalue weighted by Gasteiger charge is -2.02. The fraction of sp³-hybridized carbons (Fsp3) is 0.722. The number of unbranched alkanes of at least 4 members (excludes halogenated alkanes) is 9. The van der Waals surface area contributed by atoms with Crippen LogP contribution in [0.2, 0.25) is 0 Å².